The van der Waals surface area contributed by atoms with Crippen LogP contribution >= 0.6 is 12.6 Å². The maximum absolute atomic E-state index is 11.8. The fourth-order valence-electron chi connectivity index (χ4n) is 2.11. The zero-order valence-corrected chi connectivity index (χ0v) is 10.2. The summed E-state index contributed by atoms with van der Waals surface area (Å²) in [5, 5.41) is 0. The van der Waals surface area contributed by atoms with Gasteiger partial charge in [-0.05, 0) is 30.2 Å². The Balaban J connectivity index is 2.11. The monoisotopic (exact) mass is 236 g/mol. The Morgan fingerprint density at radius 1 is 1.69 bits per heavy atom. The van der Waals surface area contributed by atoms with Gasteiger partial charge in [-0.2, -0.15) is 12.6 Å². The van der Waals surface area contributed by atoms with Crippen molar-refractivity contribution in [3.63, 3.8) is 0 Å². The molecule has 1 aromatic heterocycles. The minimum absolute atomic E-state index is 0.117. The maximum atomic E-state index is 11.8. The lowest BCUT2D eigenvalue weighted by atomic mass is 10.1. The Hall–Kier alpha value is -1.03. The Bertz CT molecular complexity index is 369. The normalized spacial score (nSPS) is 22.5. The van der Waals surface area contributed by atoms with Crippen molar-refractivity contribution in [3.05, 3.63) is 30.1 Å². The van der Waals surface area contributed by atoms with Crippen molar-refractivity contribution in [3.8, 4) is 0 Å². The third-order valence-corrected chi connectivity index (χ3v) is 3.65. The van der Waals surface area contributed by atoms with E-state index >= 15 is 0 Å². The Kier molecular flexibility index (Phi) is 3.49. The number of likely N-dealkylation sites (tertiary alicyclic amines) is 1. The van der Waals surface area contributed by atoms with Crippen LogP contribution in [-0.4, -0.2) is 28.1 Å². The third-order valence-electron chi connectivity index (χ3n) is 3.13. The van der Waals surface area contributed by atoms with Crippen molar-refractivity contribution in [1.82, 2.24) is 9.88 Å². The number of amides is 1. The molecule has 0 N–H and O–H groups in total. The van der Waals surface area contributed by atoms with Crippen LogP contribution in [0.1, 0.15) is 24.9 Å². The molecule has 0 radical (unpaired) electrons. The van der Waals surface area contributed by atoms with Crippen LogP contribution in [0.5, 0.6) is 0 Å². The van der Waals surface area contributed by atoms with Crippen LogP contribution in [0.2, 0.25) is 0 Å². The fourth-order valence-corrected chi connectivity index (χ4v) is 2.35. The highest BCUT2D eigenvalue weighted by molar-refractivity contribution is 7.80. The summed E-state index contributed by atoms with van der Waals surface area (Å²) in [5.74, 6) is 1.41. The van der Waals surface area contributed by atoms with Crippen LogP contribution in [0.3, 0.4) is 0 Å². The van der Waals surface area contributed by atoms with Gasteiger partial charge in [-0.3, -0.25) is 9.78 Å². The van der Waals surface area contributed by atoms with Crippen molar-refractivity contribution in [2.24, 2.45) is 5.92 Å². The summed E-state index contributed by atoms with van der Waals surface area (Å²) in [6.45, 7) is 2.87. The van der Waals surface area contributed by atoms with Gasteiger partial charge in [0.2, 0.25) is 5.91 Å². The topological polar surface area (TPSA) is 33.2 Å². The van der Waals surface area contributed by atoms with Gasteiger partial charge >= 0.3 is 0 Å². The van der Waals surface area contributed by atoms with Crippen LogP contribution in [-0.2, 0) is 4.79 Å². The summed E-state index contributed by atoms with van der Waals surface area (Å²) in [6, 6.07) is 4.03. The first-order valence-corrected chi connectivity index (χ1v) is 6.16. The molecular formula is C12H16N2OS. The molecule has 0 spiro atoms. The van der Waals surface area contributed by atoms with E-state index in [1.165, 1.54) is 0 Å². The largest absolute Gasteiger partial charge is 0.336 e. The van der Waals surface area contributed by atoms with E-state index in [-0.39, 0.29) is 11.9 Å². The predicted molar refractivity (Wildman–Crippen MR) is 66.3 cm³/mol. The fraction of sp³-hybridized carbons (Fsp3) is 0.500. The lowest BCUT2D eigenvalue weighted by Crippen LogP contribution is -2.28. The van der Waals surface area contributed by atoms with Gasteiger partial charge in [0.1, 0.15) is 0 Å². The number of hydrogen-bond donors (Lipinski definition) is 1. The summed E-state index contributed by atoms with van der Waals surface area (Å²) in [6.07, 6.45) is 4.21. The minimum atomic E-state index is 0.117. The molecule has 1 aliphatic heterocycles. The summed E-state index contributed by atoms with van der Waals surface area (Å²) < 4.78 is 0. The molecule has 1 amide bonds. The maximum Gasteiger partial charge on any atom is 0.223 e. The molecule has 2 unspecified atom stereocenters. The predicted octanol–water partition coefficient (Wildman–Crippen LogP) is 1.92. The highest BCUT2D eigenvalue weighted by Gasteiger charge is 2.32. The van der Waals surface area contributed by atoms with Gasteiger partial charge in [0, 0.05) is 25.4 Å². The van der Waals surface area contributed by atoms with Gasteiger partial charge in [0.05, 0.1) is 6.04 Å². The van der Waals surface area contributed by atoms with E-state index in [4.69, 9.17) is 0 Å². The van der Waals surface area contributed by atoms with Crippen LogP contribution in [0.4, 0.5) is 0 Å². The van der Waals surface area contributed by atoms with Crippen molar-refractivity contribution < 1.29 is 4.79 Å². The average molecular weight is 236 g/mol. The number of carbonyl (C=O) groups is 1. The second kappa shape index (κ2) is 4.87. The molecule has 1 aliphatic rings. The number of thiol groups is 1. The first-order valence-electron chi connectivity index (χ1n) is 5.52. The first kappa shape index (κ1) is 11.5. The number of rotatable bonds is 3. The van der Waals surface area contributed by atoms with E-state index in [1.54, 1.807) is 6.20 Å². The van der Waals surface area contributed by atoms with Gasteiger partial charge in [0.15, 0.2) is 0 Å². The van der Waals surface area contributed by atoms with Crippen LogP contribution in [0, 0.1) is 5.92 Å². The van der Waals surface area contributed by atoms with E-state index in [0.717, 1.165) is 17.9 Å². The molecule has 0 aromatic carbocycles. The van der Waals surface area contributed by atoms with Gasteiger partial charge in [-0.25, -0.2) is 0 Å². The molecule has 1 aromatic rings. The van der Waals surface area contributed by atoms with Crippen LogP contribution in [0.25, 0.3) is 0 Å². The van der Waals surface area contributed by atoms with Crippen molar-refractivity contribution >= 4 is 18.5 Å². The Labute approximate surface area is 101 Å². The SMILES string of the molecule is CC(c1cccnc1)N1CC(CS)CC1=O. The molecule has 1 saturated heterocycles. The van der Waals surface area contributed by atoms with Gasteiger partial charge in [-0.1, -0.05) is 6.07 Å². The highest BCUT2D eigenvalue weighted by Crippen LogP contribution is 2.28. The second-order valence-electron chi connectivity index (χ2n) is 4.26. The molecule has 86 valence electrons. The van der Waals surface area contributed by atoms with E-state index in [9.17, 15) is 4.79 Å². The lowest BCUT2D eigenvalue weighted by Gasteiger charge is -2.24. The molecule has 0 bridgehead atoms. The summed E-state index contributed by atoms with van der Waals surface area (Å²) >= 11 is 4.26. The number of pyridine rings is 1. The molecule has 1 fully saturated rings. The third kappa shape index (κ3) is 2.21. The quantitative estimate of drug-likeness (QED) is 0.813. The van der Waals surface area contributed by atoms with E-state index < -0.39 is 0 Å². The van der Waals surface area contributed by atoms with E-state index in [1.807, 2.05) is 23.2 Å². The molecule has 2 heterocycles. The van der Waals surface area contributed by atoms with Crippen molar-refractivity contribution in [1.29, 1.82) is 0 Å². The highest BCUT2D eigenvalue weighted by atomic mass is 32.1. The molecule has 2 atom stereocenters. The molecular weight excluding hydrogens is 220 g/mol. The first-order chi connectivity index (χ1) is 7.72. The van der Waals surface area contributed by atoms with Crippen LogP contribution in [0.15, 0.2) is 24.5 Å². The van der Waals surface area contributed by atoms with Gasteiger partial charge in [0.25, 0.3) is 0 Å². The van der Waals surface area contributed by atoms with Crippen LogP contribution < -0.4 is 0 Å². The number of carbonyl (C=O) groups excluding carboxylic acids is 1. The molecule has 4 heteroatoms. The van der Waals surface area contributed by atoms with Crippen molar-refractivity contribution in [2.75, 3.05) is 12.3 Å². The molecule has 0 saturated carbocycles. The zero-order valence-electron chi connectivity index (χ0n) is 9.34. The number of nitrogens with zero attached hydrogens (tertiary/aromatic N) is 2. The summed E-state index contributed by atoms with van der Waals surface area (Å²) in [5.41, 5.74) is 1.09. The smallest absolute Gasteiger partial charge is 0.223 e. The van der Waals surface area contributed by atoms with E-state index in [0.29, 0.717) is 12.3 Å². The zero-order chi connectivity index (χ0) is 11.5. The summed E-state index contributed by atoms with van der Waals surface area (Å²) in [7, 11) is 0. The minimum Gasteiger partial charge on any atom is -0.336 e. The van der Waals surface area contributed by atoms with Crippen molar-refractivity contribution in [2.45, 2.75) is 19.4 Å². The standard InChI is InChI=1S/C12H16N2OS/c1-9(11-3-2-4-13-6-11)14-7-10(8-16)5-12(14)15/h2-4,6,9-10,16H,5,7-8H2,1H3. The average Bonchev–Trinajstić information content (AvgIpc) is 2.71. The Morgan fingerprint density at radius 3 is 3.06 bits per heavy atom. The van der Waals surface area contributed by atoms with E-state index in [2.05, 4.69) is 24.5 Å². The molecule has 0 aliphatic carbocycles. The molecule has 2 rings (SSSR count). The number of hydrogen-bond acceptors (Lipinski definition) is 3. The molecule has 3 nitrogen and oxygen atoms in total. The lowest BCUT2D eigenvalue weighted by molar-refractivity contribution is -0.129. The summed E-state index contributed by atoms with van der Waals surface area (Å²) in [4.78, 5) is 17.8. The molecule has 16 heavy (non-hydrogen) atoms. The van der Waals surface area contributed by atoms with Gasteiger partial charge < -0.3 is 4.90 Å². The van der Waals surface area contributed by atoms with Gasteiger partial charge in [-0.15, -0.1) is 0 Å². The number of aromatic nitrogens is 1. The Morgan fingerprint density at radius 2 is 2.50 bits per heavy atom. The second-order valence-corrected chi connectivity index (χ2v) is 4.63.